The Kier molecular flexibility index (Phi) is 10.6. The molecular weight excluding hydrogens is 537 g/mol. The van der Waals surface area contributed by atoms with Crippen LogP contribution in [0.4, 0.5) is 0 Å². The fraction of sp³-hybridized carbons (Fsp3) is 0.333. The molecular formula is C27H34IN5O. The van der Waals surface area contributed by atoms with Gasteiger partial charge in [0.15, 0.2) is 5.96 Å². The van der Waals surface area contributed by atoms with Gasteiger partial charge in [-0.05, 0) is 61.3 Å². The second kappa shape index (κ2) is 13.9. The number of rotatable bonds is 9. The summed E-state index contributed by atoms with van der Waals surface area (Å²) in [7, 11) is 1.82. The molecule has 1 aliphatic rings. The monoisotopic (exact) mass is 571 g/mol. The van der Waals surface area contributed by atoms with Gasteiger partial charge < -0.3 is 15.4 Å². The highest BCUT2D eigenvalue weighted by Gasteiger charge is 2.23. The molecule has 1 aliphatic heterocycles. The zero-order valence-corrected chi connectivity index (χ0v) is 22.0. The molecule has 2 heterocycles. The van der Waals surface area contributed by atoms with Crippen LogP contribution in [0.15, 0.2) is 84.0 Å². The number of halogens is 1. The number of guanidine groups is 1. The van der Waals surface area contributed by atoms with Gasteiger partial charge in [0.05, 0.1) is 11.7 Å². The first-order valence-electron chi connectivity index (χ1n) is 11.7. The number of aromatic nitrogens is 1. The maximum atomic E-state index is 5.83. The van der Waals surface area contributed by atoms with E-state index < -0.39 is 0 Å². The number of benzene rings is 2. The molecule has 1 fully saturated rings. The van der Waals surface area contributed by atoms with Gasteiger partial charge in [-0.3, -0.25) is 14.9 Å². The van der Waals surface area contributed by atoms with Crippen molar-refractivity contribution in [3.63, 3.8) is 0 Å². The SMILES string of the molecule is CN=C(NCc1ccc(OCc2ccccn2)cc1)NCC(c1ccccc1)N1CCCC1.I. The second-order valence-electron chi connectivity index (χ2n) is 8.23. The molecule has 1 saturated heterocycles. The van der Waals surface area contributed by atoms with Gasteiger partial charge in [-0.15, -0.1) is 24.0 Å². The van der Waals surface area contributed by atoms with Gasteiger partial charge in [0.2, 0.25) is 0 Å². The van der Waals surface area contributed by atoms with Crippen LogP contribution in [0.25, 0.3) is 0 Å². The van der Waals surface area contributed by atoms with Crippen LogP contribution in [0.2, 0.25) is 0 Å². The number of hydrogen-bond donors (Lipinski definition) is 2. The summed E-state index contributed by atoms with van der Waals surface area (Å²) in [4.78, 5) is 11.3. The highest BCUT2D eigenvalue weighted by molar-refractivity contribution is 14.0. The lowest BCUT2D eigenvalue weighted by Crippen LogP contribution is -2.42. The van der Waals surface area contributed by atoms with E-state index in [9.17, 15) is 0 Å². The summed E-state index contributed by atoms with van der Waals surface area (Å²) >= 11 is 0. The van der Waals surface area contributed by atoms with E-state index in [1.54, 1.807) is 6.20 Å². The lowest BCUT2D eigenvalue weighted by molar-refractivity contribution is 0.245. The molecule has 3 aromatic rings. The second-order valence-corrected chi connectivity index (χ2v) is 8.23. The number of nitrogens with zero attached hydrogens (tertiary/aromatic N) is 3. The van der Waals surface area contributed by atoms with Crippen LogP contribution in [0.5, 0.6) is 5.75 Å². The Bertz CT molecular complexity index is 993. The zero-order chi connectivity index (χ0) is 22.7. The Morgan fingerprint density at radius 3 is 2.38 bits per heavy atom. The van der Waals surface area contributed by atoms with Gasteiger partial charge in [-0.2, -0.15) is 0 Å². The third kappa shape index (κ3) is 7.70. The molecule has 2 aromatic carbocycles. The molecule has 1 aromatic heterocycles. The van der Waals surface area contributed by atoms with Gasteiger partial charge in [0.1, 0.15) is 12.4 Å². The van der Waals surface area contributed by atoms with Crippen molar-refractivity contribution < 1.29 is 4.74 Å². The molecule has 7 heteroatoms. The van der Waals surface area contributed by atoms with E-state index >= 15 is 0 Å². The molecule has 1 unspecified atom stereocenters. The molecule has 0 saturated carbocycles. The largest absolute Gasteiger partial charge is 0.487 e. The molecule has 2 N–H and O–H groups in total. The van der Waals surface area contributed by atoms with Crippen LogP contribution in [0.3, 0.4) is 0 Å². The minimum Gasteiger partial charge on any atom is -0.487 e. The Labute approximate surface area is 219 Å². The maximum Gasteiger partial charge on any atom is 0.191 e. The third-order valence-corrected chi connectivity index (χ3v) is 5.95. The van der Waals surface area contributed by atoms with E-state index in [0.29, 0.717) is 19.2 Å². The van der Waals surface area contributed by atoms with Crippen molar-refractivity contribution in [3.8, 4) is 5.75 Å². The number of aliphatic imine (C=N–C) groups is 1. The number of nitrogens with one attached hydrogen (secondary N) is 2. The maximum absolute atomic E-state index is 5.83. The van der Waals surface area contributed by atoms with Gasteiger partial charge in [0, 0.05) is 26.3 Å². The van der Waals surface area contributed by atoms with E-state index in [-0.39, 0.29) is 24.0 Å². The minimum absolute atomic E-state index is 0. The summed E-state index contributed by atoms with van der Waals surface area (Å²) in [6.45, 7) is 4.29. The number of ether oxygens (including phenoxy) is 1. The first-order valence-corrected chi connectivity index (χ1v) is 11.7. The highest BCUT2D eigenvalue weighted by Crippen LogP contribution is 2.24. The van der Waals surface area contributed by atoms with Gasteiger partial charge in [-0.1, -0.05) is 48.5 Å². The van der Waals surface area contributed by atoms with Crippen molar-refractivity contribution in [2.45, 2.75) is 32.0 Å². The van der Waals surface area contributed by atoms with Crippen molar-refractivity contribution in [3.05, 3.63) is 95.8 Å². The van der Waals surface area contributed by atoms with E-state index in [4.69, 9.17) is 4.74 Å². The third-order valence-electron chi connectivity index (χ3n) is 5.95. The van der Waals surface area contributed by atoms with Crippen LogP contribution >= 0.6 is 24.0 Å². The topological polar surface area (TPSA) is 61.8 Å². The van der Waals surface area contributed by atoms with Crippen molar-refractivity contribution in [2.75, 3.05) is 26.7 Å². The summed E-state index contributed by atoms with van der Waals surface area (Å²) < 4.78 is 5.83. The van der Waals surface area contributed by atoms with Crippen LogP contribution < -0.4 is 15.4 Å². The molecule has 0 bridgehead atoms. The van der Waals surface area contributed by atoms with Crippen LogP contribution in [-0.2, 0) is 13.2 Å². The summed E-state index contributed by atoms with van der Waals surface area (Å²) in [5.41, 5.74) is 3.44. The fourth-order valence-electron chi connectivity index (χ4n) is 4.13. The molecule has 0 spiro atoms. The Morgan fingerprint density at radius 1 is 0.971 bits per heavy atom. The van der Waals surface area contributed by atoms with Gasteiger partial charge in [-0.25, -0.2) is 0 Å². The Morgan fingerprint density at radius 2 is 1.71 bits per heavy atom. The van der Waals surface area contributed by atoms with Crippen LogP contribution in [-0.4, -0.2) is 42.5 Å². The quantitative estimate of drug-likeness (QED) is 0.220. The predicted octanol–water partition coefficient (Wildman–Crippen LogP) is 4.78. The summed E-state index contributed by atoms with van der Waals surface area (Å²) in [5, 5.41) is 6.96. The smallest absolute Gasteiger partial charge is 0.191 e. The van der Waals surface area contributed by atoms with Crippen molar-refractivity contribution in [1.82, 2.24) is 20.5 Å². The zero-order valence-electron chi connectivity index (χ0n) is 19.7. The molecule has 180 valence electrons. The van der Waals surface area contributed by atoms with E-state index in [2.05, 4.69) is 68.0 Å². The van der Waals surface area contributed by atoms with Crippen molar-refractivity contribution >= 4 is 29.9 Å². The molecule has 4 rings (SSSR count). The molecule has 0 amide bonds. The van der Waals surface area contributed by atoms with Gasteiger partial charge in [0.25, 0.3) is 0 Å². The number of likely N-dealkylation sites (tertiary alicyclic amines) is 1. The highest BCUT2D eigenvalue weighted by atomic mass is 127. The average Bonchev–Trinajstić information content (AvgIpc) is 3.41. The summed E-state index contributed by atoms with van der Waals surface area (Å²) in [6, 6.07) is 25.1. The average molecular weight is 572 g/mol. The summed E-state index contributed by atoms with van der Waals surface area (Å²) in [5.74, 6) is 1.65. The molecule has 0 radical (unpaired) electrons. The van der Waals surface area contributed by atoms with Crippen molar-refractivity contribution in [2.24, 2.45) is 4.99 Å². The number of hydrogen-bond acceptors (Lipinski definition) is 4. The first-order chi connectivity index (χ1) is 16.3. The molecule has 34 heavy (non-hydrogen) atoms. The summed E-state index contributed by atoms with van der Waals surface area (Å²) in [6.07, 6.45) is 4.33. The Balaban J connectivity index is 0.00000324. The standard InChI is InChI=1S/C27H33N5O.HI/c1-28-27(31-20-26(32-17-7-8-18-32)23-9-3-2-4-10-23)30-19-22-12-14-25(15-13-22)33-21-24-11-5-6-16-29-24;/h2-6,9-16,26H,7-8,17-21H2,1H3,(H2,28,30,31);1H. The van der Waals surface area contributed by atoms with E-state index in [1.165, 1.54) is 24.0 Å². The normalized spacial score (nSPS) is 14.8. The molecule has 6 nitrogen and oxygen atoms in total. The predicted molar refractivity (Wildman–Crippen MR) is 149 cm³/mol. The van der Waals surface area contributed by atoms with E-state index in [0.717, 1.165) is 37.0 Å². The molecule has 0 aliphatic carbocycles. The van der Waals surface area contributed by atoms with Crippen molar-refractivity contribution in [1.29, 1.82) is 0 Å². The first kappa shape index (κ1) is 26.0. The van der Waals surface area contributed by atoms with Crippen LogP contribution in [0.1, 0.15) is 35.7 Å². The van der Waals surface area contributed by atoms with Gasteiger partial charge >= 0.3 is 0 Å². The minimum atomic E-state index is 0. The fourth-order valence-corrected chi connectivity index (χ4v) is 4.13. The lowest BCUT2D eigenvalue weighted by Gasteiger charge is -2.29. The van der Waals surface area contributed by atoms with Crippen LogP contribution in [0, 0.1) is 0 Å². The van der Waals surface area contributed by atoms with E-state index in [1.807, 2.05) is 37.4 Å². The lowest BCUT2D eigenvalue weighted by atomic mass is 10.1. The Hall–Kier alpha value is -2.65. The molecule has 1 atom stereocenters. The number of pyridine rings is 1.